The number of H-pyrrole nitrogens is 1. The van der Waals surface area contributed by atoms with E-state index >= 15 is 0 Å². The fraction of sp³-hybridized carbons (Fsp3) is 0.458. The molecule has 0 saturated heterocycles. The maximum Gasteiger partial charge on any atom is 0.326 e. The van der Waals surface area contributed by atoms with E-state index in [0.717, 1.165) is 10.9 Å². The van der Waals surface area contributed by atoms with Crippen molar-refractivity contribution in [3.8, 4) is 0 Å². The number of carbonyl (C=O) groups is 5. The van der Waals surface area contributed by atoms with E-state index in [1.54, 1.807) is 26.1 Å². The number of benzene rings is 1. The van der Waals surface area contributed by atoms with Crippen LogP contribution in [0, 0.1) is 5.92 Å². The zero-order valence-corrected chi connectivity index (χ0v) is 20.6. The molecule has 0 fully saturated rings. The first-order valence-electron chi connectivity index (χ1n) is 11.7. The highest BCUT2D eigenvalue weighted by molar-refractivity contribution is 5.95. The second-order valence-corrected chi connectivity index (χ2v) is 8.98. The second-order valence-electron chi connectivity index (χ2n) is 8.98. The van der Waals surface area contributed by atoms with E-state index in [1.807, 2.05) is 18.2 Å². The summed E-state index contributed by atoms with van der Waals surface area (Å²) in [6.45, 7) is 2.70. The monoisotopic (exact) mass is 519 g/mol. The van der Waals surface area contributed by atoms with Crippen LogP contribution < -0.4 is 21.7 Å². The number of para-hydroxylation sites is 1. The van der Waals surface area contributed by atoms with Crippen LogP contribution >= 0.6 is 0 Å². The average molecular weight is 520 g/mol. The van der Waals surface area contributed by atoms with Crippen molar-refractivity contribution in [2.75, 3.05) is 6.61 Å². The van der Waals surface area contributed by atoms with Gasteiger partial charge in [0, 0.05) is 29.9 Å². The topological polar surface area (TPSA) is 224 Å². The number of nitrogens with one attached hydrogen (secondary N) is 4. The molecule has 0 radical (unpaired) electrons. The summed E-state index contributed by atoms with van der Waals surface area (Å²) in [5.74, 6) is -5.37. The number of aromatic amines is 1. The van der Waals surface area contributed by atoms with Gasteiger partial charge in [0.2, 0.25) is 17.7 Å². The number of rotatable bonds is 14. The lowest BCUT2D eigenvalue weighted by Crippen LogP contribution is -2.59. The van der Waals surface area contributed by atoms with Crippen LogP contribution in [0.4, 0.5) is 0 Å². The van der Waals surface area contributed by atoms with Gasteiger partial charge in [0.25, 0.3) is 0 Å². The van der Waals surface area contributed by atoms with Gasteiger partial charge in [-0.15, -0.1) is 0 Å². The number of fused-ring (bicyclic) bond motifs is 1. The third kappa shape index (κ3) is 8.29. The molecule has 4 atom stereocenters. The van der Waals surface area contributed by atoms with E-state index in [9.17, 15) is 29.1 Å². The molecule has 202 valence electrons. The lowest BCUT2D eigenvalue weighted by molar-refractivity contribution is -0.143. The van der Waals surface area contributed by atoms with Crippen LogP contribution in [0.3, 0.4) is 0 Å². The standard InChI is InChI=1S/C24H33N5O8/c1-12(2)20(29-21(33)15(25)11-30)23(35)28-18(9-13-10-26-16-6-4-3-5-14(13)16)22(34)27-17(24(36)37)7-8-19(31)32/h3-6,10,12,15,17-18,20,26,30H,7-9,11,25H2,1-2H3,(H,27,34)(H,28,35)(H,29,33)(H,31,32)(H,36,37). The van der Waals surface area contributed by atoms with Gasteiger partial charge in [0.1, 0.15) is 24.2 Å². The predicted octanol–water partition coefficient (Wildman–Crippen LogP) is -0.910. The van der Waals surface area contributed by atoms with Gasteiger partial charge in [-0.1, -0.05) is 32.0 Å². The Hall–Kier alpha value is -3.97. The van der Waals surface area contributed by atoms with E-state index in [0.29, 0.717) is 5.56 Å². The molecule has 1 aromatic carbocycles. The highest BCUT2D eigenvalue weighted by Gasteiger charge is 2.32. The molecule has 13 nitrogen and oxygen atoms in total. The van der Waals surface area contributed by atoms with E-state index in [1.165, 1.54) is 0 Å². The van der Waals surface area contributed by atoms with Crippen LogP contribution in [0.25, 0.3) is 10.9 Å². The molecule has 0 aliphatic rings. The number of aliphatic carboxylic acids is 2. The van der Waals surface area contributed by atoms with Crippen molar-refractivity contribution in [2.24, 2.45) is 11.7 Å². The summed E-state index contributed by atoms with van der Waals surface area (Å²) in [7, 11) is 0. The number of hydrogen-bond donors (Lipinski definition) is 8. The quantitative estimate of drug-likeness (QED) is 0.154. The van der Waals surface area contributed by atoms with Crippen molar-refractivity contribution in [1.29, 1.82) is 0 Å². The van der Waals surface area contributed by atoms with E-state index in [-0.39, 0.29) is 12.8 Å². The zero-order chi connectivity index (χ0) is 27.7. The maximum atomic E-state index is 13.2. The highest BCUT2D eigenvalue weighted by atomic mass is 16.4. The van der Waals surface area contributed by atoms with Gasteiger partial charge in [0.15, 0.2) is 0 Å². The highest BCUT2D eigenvalue weighted by Crippen LogP contribution is 2.19. The zero-order valence-electron chi connectivity index (χ0n) is 20.6. The van der Waals surface area contributed by atoms with E-state index in [2.05, 4.69) is 20.9 Å². The molecule has 0 aliphatic heterocycles. The first kappa shape index (κ1) is 29.3. The van der Waals surface area contributed by atoms with Crippen LogP contribution in [0.1, 0.15) is 32.3 Å². The molecule has 1 heterocycles. The van der Waals surface area contributed by atoms with Gasteiger partial charge in [-0.25, -0.2) is 4.79 Å². The molecule has 3 amide bonds. The summed E-state index contributed by atoms with van der Waals surface area (Å²) in [5.41, 5.74) is 6.99. The predicted molar refractivity (Wildman–Crippen MR) is 132 cm³/mol. The van der Waals surface area contributed by atoms with Crippen molar-refractivity contribution in [3.05, 3.63) is 36.0 Å². The van der Waals surface area contributed by atoms with Crippen molar-refractivity contribution in [1.82, 2.24) is 20.9 Å². The molecule has 9 N–H and O–H groups in total. The Morgan fingerprint density at radius 3 is 2.19 bits per heavy atom. The number of amides is 3. The first-order valence-corrected chi connectivity index (χ1v) is 11.7. The summed E-state index contributed by atoms with van der Waals surface area (Å²) >= 11 is 0. The fourth-order valence-corrected chi connectivity index (χ4v) is 3.67. The maximum absolute atomic E-state index is 13.2. The fourth-order valence-electron chi connectivity index (χ4n) is 3.67. The Bertz CT molecular complexity index is 1130. The summed E-state index contributed by atoms with van der Waals surface area (Å²) in [6.07, 6.45) is 0.803. The number of carboxylic acid groups (broad SMARTS) is 2. The number of carbonyl (C=O) groups excluding carboxylic acids is 3. The summed E-state index contributed by atoms with van der Waals surface area (Å²) in [4.78, 5) is 64.1. The van der Waals surface area contributed by atoms with Crippen molar-refractivity contribution >= 4 is 40.6 Å². The normalized spacial score (nSPS) is 14.4. The lowest BCUT2D eigenvalue weighted by atomic mass is 10.00. The number of carboxylic acids is 2. The smallest absolute Gasteiger partial charge is 0.326 e. The summed E-state index contributed by atoms with van der Waals surface area (Å²) in [6, 6.07) is 2.16. The molecule has 13 heteroatoms. The van der Waals surface area contributed by atoms with Gasteiger partial charge in [-0.05, 0) is 24.0 Å². The molecule has 4 unspecified atom stereocenters. The van der Waals surface area contributed by atoms with Crippen molar-refractivity contribution < 1.29 is 39.3 Å². The lowest BCUT2D eigenvalue weighted by Gasteiger charge is -2.26. The molecule has 37 heavy (non-hydrogen) atoms. The Morgan fingerprint density at radius 1 is 0.946 bits per heavy atom. The Kier molecular flexibility index (Phi) is 10.6. The molecule has 0 spiro atoms. The molecule has 0 bridgehead atoms. The minimum atomic E-state index is -1.49. The van der Waals surface area contributed by atoms with Crippen LogP contribution in [-0.4, -0.2) is 80.7 Å². The number of nitrogens with two attached hydrogens (primary N) is 1. The molecule has 2 rings (SSSR count). The van der Waals surface area contributed by atoms with Crippen molar-refractivity contribution in [3.63, 3.8) is 0 Å². The average Bonchev–Trinajstić information content (AvgIpc) is 3.25. The van der Waals surface area contributed by atoms with Crippen LogP contribution in [0.5, 0.6) is 0 Å². The van der Waals surface area contributed by atoms with Gasteiger partial charge >= 0.3 is 11.9 Å². The summed E-state index contributed by atoms with van der Waals surface area (Å²) in [5, 5.41) is 35.6. The van der Waals surface area contributed by atoms with Crippen LogP contribution in [-0.2, 0) is 30.4 Å². The Labute approximate surface area is 212 Å². The van der Waals surface area contributed by atoms with Crippen molar-refractivity contribution in [2.45, 2.75) is 57.3 Å². The number of aliphatic hydroxyl groups is 1. The molecular formula is C24H33N5O8. The summed E-state index contributed by atoms with van der Waals surface area (Å²) < 4.78 is 0. The van der Waals surface area contributed by atoms with Crippen LogP contribution in [0.2, 0.25) is 0 Å². The van der Waals surface area contributed by atoms with Gasteiger partial charge < -0.3 is 42.0 Å². The van der Waals surface area contributed by atoms with Gasteiger partial charge in [-0.2, -0.15) is 0 Å². The number of hydrogen-bond acceptors (Lipinski definition) is 7. The molecular weight excluding hydrogens is 486 g/mol. The molecule has 1 aromatic heterocycles. The van der Waals surface area contributed by atoms with E-state index in [4.69, 9.17) is 15.9 Å². The SMILES string of the molecule is CC(C)C(NC(=O)C(N)CO)C(=O)NC(Cc1c[nH]c2ccccc12)C(=O)NC(CCC(=O)O)C(=O)O. The van der Waals surface area contributed by atoms with Gasteiger partial charge in [-0.3, -0.25) is 19.2 Å². The minimum absolute atomic E-state index is 0.0260. The third-order valence-corrected chi connectivity index (χ3v) is 5.77. The van der Waals surface area contributed by atoms with Crippen LogP contribution in [0.15, 0.2) is 30.5 Å². The Morgan fingerprint density at radius 2 is 1.59 bits per heavy atom. The molecule has 0 aliphatic carbocycles. The number of aliphatic hydroxyl groups excluding tert-OH is 1. The molecule has 2 aromatic rings. The first-order chi connectivity index (χ1) is 17.4. The number of aromatic nitrogens is 1. The third-order valence-electron chi connectivity index (χ3n) is 5.77. The minimum Gasteiger partial charge on any atom is -0.481 e. The molecule has 0 saturated carbocycles. The largest absolute Gasteiger partial charge is 0.481 e. The Balaban J connectivity index is 2.31. The van der Waals surface area contributed by atoms with E-state index < -0.39 is 72.8 Å². The second kappa shape index (κ2) is 13.4. The van der Waals surface area contributed by atoms with Gasteiger partial charge in [0.05, 0.1) is 6.61 Å².